The second-order valence-electron chi connectivity index (χ2n) is 4.27. The molecule has 1 rings (SSSR count). The fourth-order valence-corrected chi connectivity index (χ4v) is 2.19. The number of nitrogens with zero attached hydrogens (tertiary/aromatic N) is 1. The lowest BCUT2D eigenvalue weighted by Crippen LogP contribution is -2.37. The zero-order valence-electron chi connectivity index (χ0n) is 11.9. The zero-order valence-corrected chi connectivity index (χ0v) is 15.0. The third-order valence-electron chi connectivity index (χ3n) is 2.50. The topological polar surface area (TPSA) is 36.4 Å². The van der Waals surface area contributed by atoms with E-state index < -0.39 is 12.6 Å². The van der Waals surface area contributed by atoms with Gasteiger partial charge >= 0.3 is 6.18 Å². The van der Waals surface area contributed by atoms with Gasteiger partial charge < -0.3 is 10.6 Å². The number of rotatable bonds is 7. The Morgan fingerprint density at radius 2 is 2.05 bits per heavy atom. The van der Waals surface area contributed by atoms with E-state index in [2.05, 4.69) is 15.6 Å². The number of alkyl halides is 3. The Labute approximate surface area is 144 Å². The van der Waals surface area contributed by atoms with Gasteiger partial charge in [-0.05, 0) is 31.2 Å². The second kappa shape index (κ2) is 11.1. The molecule has 3 nitrogen and oxygen atoms in total. The Balaban J connectivity index is 0.00000400. The van der Waals surface area contributed by atoms with Crippen molar-refractivity contribution in [2.75, 3.05) is 13.1 Å². The molecule has 1 aromatic rings. The van der Waals surface area contributed by atoms with Gasteiger partial charge in [-0.25, -0.2) is 4.99 Å². The van der Waals surface area contributed by atoms with Gasteiger partial charge in [0.15, 0.2) is 5.96 Å². The number of halogens is 4. The summed E-state index contributed by atoms with van der Waals surface area (Å²) in [5.74, 6) is 0.646. The molecule has 0 spiro atoms. The van der Waals surface area contributed by atoms with E-state index in [-0.39, 0.29) is 30.4 Å². The van der Waals surface area contributed by atoms with Crippen LogP contribution in [-0.2, 0) is 6.54 Å². The number of unbranched alkanes of at least 4 members (excludes halogenated alkanes) is 1. The zero-order chi connectivity index (χ0) is 14.8. The van der Waals surface area contributed by atoms with Crippen LogP contribution in [0, 0.1) is 0 Å². The van der Waals surface area contributed by atoms with Crippen LogP contribution in [0.1, 0.15) is 31.1 Å². The van der Waals surface area contributed by atoms with E-state index in [9.17, 15) is 13.2 Å². The highest BCUT2D eigenvalue weighted by Crippen LogP contribution is 2.21. The van der Waals surface area contributed by atoms with Gasteiger partial charge in [-0.15, -0.1) is 35.3 Å². The van der Waals surface area contributed by atoms with Gasteiger partial charge in [0.1, 0.15) is 0 Å². The van der Waals surface area contributed by atoms with Crippen molar-refractivity contribution in [1.29, 1.82) is 0 Å². The molecular formula is C13H21F3IN3S. The van der Waals surface area contributed by atoms with Crippen LogP contribution in [-0.4, -0.2) is 25.2 Å². The van der Waals surface area contributed by atoms with Crippen LogP contribution in [0.2, 0.25) is 0 Å². The quantitative estimate of drug-likeness (QED) is 0.292. The average Bonchev–Trinajstić information content (AvgIpc) is 2.87. The standard InChI is InChI=1S/C13H20F3N3S.HI/c1-2-17-12(19-10-11-6-5-9-20-11)18-8-4-3-7-13(14,15)16;/h5-6,9H,2-4,7-8,10H2,1H3,(H2,17,18,19);1H. The van der Waals surface area contributed by atoms with Crippen LogP contribution in [0.15, 0.2) is 22.5 Å². The Morgan fingerprint density at radius 1 is 1.29 bits per heavy atom. The molecule has 0 atom stereocenters. The van der Waals surface area contributed by atoms with Crippen LogP contribution < -0.4 is 10.6 Å². The van der Waals surface area contributed by atoms with E-state index in [0.717, 1.165) is 11.4 Å². The molecule has 0 aromatic carbocycles. The summed E-state index contributed by atoms with van der Waals surface area (Å²) in [6.45, 7) is 3.74. The van der Waals surface area contributed by atoms with E-state index >= 15 is 0 Å². The molecule has 1 heterocycles. The Morgan fingerprint density at radius 3 is 2.62 bits per heavy atom. The first-order chi connectivity index (χ1) is 9.51. The van der Waals surface area contributed by atoms with Crippen molar-refractivity contribution in [2.45, 2.75) is 38.9 Å². The van der Waals surface area contributed by atoms with Crippen LogP contribution >= 0.6 is 35.3 Å². The number of nitrogens with one attached hydrogen (secondary N) is 2. The first-order valence-electron chi connectivity index (χ1n) is 6.62. The van der Waals surface area contributed by atoms with Crippen LogP contribution in [0.5, 0.6) is 0 Å². The normalized spacial score (nSPS) is 11.9. The van der Waals surface area contributed by atoms with Crippen molar-refractivity contribution in [3.63, 3.8) is 0 Å². The molecule has 0 bridgehead atoms. The van der Waals surface area contributed by atoms with E-state index in [1.165, 1.54) is 0 Å². The van der Waals surface area contributed by atoms with Crippen LogP contribution in [0.4, 0.5) is 13.2 Å². The highest BCUT2D eigenvalue weighted by atomic mass is 127. The van der Waals surface area contributed by atoms with Gasteiger partial charge in [0.05, 0.1) is 6.54 Å². The Bertz CT molecular complexity index is 394. The lowest BCUT2D eigenvalue weighted by atomic mass is 10.2. The maximum absolute atomic E-state index is 12.0. The number of guanidine groups is 1. The van der Waals surface area contributed by atoms with Crippen molar-refractivity contribution < 1.29 is 13.2 Å². The molecule has 21 heavy (non-hydrogen) atoms. The Hall–Kier alpha value is -0.510. The summed E-state index contributed by atoms with van der Waals surface area (Å²) in [4.78, 5) is 5.54. The molecule has 122 valence electrons. The summed E-state index contributed by atoms with van der Waals surface area (Å²) in [6.07, 6.45) is -4.17. The third-order valence-corrected chi connectivity index (χ3v) is 3.36. The molecule has 0 aliphatic heterocycles. The predicted octanol–water partition coefficient (Wildman–Crippen LogP) is 4.15. The van der Waals surface area contributed by atoms with Crippen molar-refractivity contribution in [3.8, 4) is 0 Å². The van der Waals surface area contributed by atoms with Gasteiger partial charge in [-0.2, -0.15) is 13.2 Å². The number of hydrogen-bond donors (Lipinski definition) is 2. The molecule has 1 aromatic heterocycles. The lowest BCUT2D eigenvalue weighted by Gasteiger charge is -2.11. The molecular weight excluding hydrogens is 414 g/mol. The predicted molar refractivity (Wildman–Crippen MR) is 92.5 cm³/mol. The monoisotopic (exact) mass is 435 g/mol. The highest BCUT2D eigenvalue weighted by Gasteiger charge is 2.25. The minimum absolute atomic E-state index is 0. The molecule has 0 saturated carbocycles. The maximum Gasteiger partial charge on any atom is 0.389 e. The first-order valence-corrected chi connectivity index (χ1v) is 7.50. The van der Waals surface area contributed by atoms with Crippen molar-refractivity contribution in [1.82, 2.24) is 10.6 Å². The van der Waals surface area contributed by atoms with Crippen molar-refractivity contribution in [3.05, 3.63) is 22.4 Å². The summed E-state index contributed by atoms with van der Waals surface area (Å²) < 4.78 is 36.0. The molecule has 8 heteroatoms. The Kier molecular flexibility index (Phi) is 10.8. The third kappa shape index (κ3) is 10.8. The van der Waals surface area contributed by atoms with Crippen LogP contribution in [0.25, 0.3) is 0 Å². The summed E-state index contributed by atoms with van der Waals surface area (Å²) in [5, 5.41) is 8.11. The van der Waals surface area contributed by atoms with Gasteiger partial charge in [-0.3, -0.25) is 0 Å². The summed E-state index contributed by atoms with van der Waals surface area (Å²) in [7, 11) is 0. The van der Waals surface area contributed by atoms with Gasteiger partial charge in [0.2, 0.25) is 0 Å². The molecule has 2 N–H and O–H groups in total. The highest BCUT2D eigenvalue weighted by molar-refractivity contribution is 14.0. The first kappa shape index (κ1) is 20.5. The molecule has 0 aliphatic carbocycles. The molecule has 0 amide bonds. The van der Waals surface area contributed by atoms with E-state index in [1.807, 2.05) is 24.4 Å². The number of hydrogen-bond acceptors (Lipinski definition) is 2. The van der Waals surface area contributed by atoms with Crippen LogP contribution in [0.3, 0.4) is 0 Å². The summed E-state index contributed by atoms with van der Waals surface area (Å²) >= 11 is 1.63. The smallest absolute Gasteiger partial charge is 0.357 e. The summed E-state index contributed by atoms with van der Waals surface area (Å²) in [6, 6.07) is 3.97. The van der Waals surface area contributed by atoms with Gasteiger partial charge in [0, 0.05) is 24.4 Å². The molecule has 0 fully saturated rings. The van der Waals surface area contributed by atoms with Gasteiger partial charge in [-0.1, -0.05) is 6.07 Å². The average molecular weight is 435 g/mol. The minimum atomic E-state index is -4.06. The number of thiophene rings is 1. The largest absolute Gasteiger partial charge is 0.389 e. The number of aliphatic imine (C=N–C) groups is 1. The SMILES string of the molecule is CCNC(=NCc1cccs1)NCCCCC(F)(F)F.I. The minimum Gasteiger partial charge on any atom is -0.357 e. The van der Waals surface area contributed by atoms with Crippen molar-refractivity contribution >= 4 is 41.3 Å². The summed E-state index contributed by atoms with van der Waals surface area (Å²) in [5.41, 5.74) is 0. The van der Waals surface area contributed by atoms with Gasteiger partial charge in [0.25, 0.3) is 0 Å². The van der Waals surface area contributed by atoms with E-state index in [4.69, 9.17) is 0 Å². The molecule has 0 radical (unpaired) electrons. The molecule has 0 saturated heterocycles. The molecule has 0 aliphatic rings. The second-order valence-corrected chi connectivity index (χ2v) is 5.31. The van der Waals surface area contributed by atoms with E-state index in [0.29, 0.717) is 25.5 Å². The van der Waals surface area contributed by atoms with Crippen molar-refractivity contribution in [2.24, 2.45) is 4.99 Å². The van der Waals surface area contributed by atoms with E-state index in [1.54, 1.807) is 11.3 Å². The fraction of sp³-hybridized carbons (Fsp3) is 0.615. The fourth-order valence-electron chi connectivity index (χ4n) is 1.56. The molecule has 0 unspecified atom stereocenters. The maximum atomic E-state index is 12.0. The lowest BCUT2D eigenvalue weighted by molar-refractivity contribution is -0.135.